The van der Waals surface area contributed by atoms with Gasteiger partial charge in [0.25, 0.3) is 0 Å². The van der Waals surface area contributed by atoms with E-state index in [0.717, 1.165) is 16.6 Å². The summed E-state index contributed by atoms with van der Waals surface area (Å²) >= 11 is 0. The Morgan fingerprint density at radius 1 is 1.37 bits per heavy atom. The molecule has 1 amide bonds. The lowest BCUT2D eigenvalue weighted by atomic mass is 10.1. The minimum atomic E-state index is -1.05. The third-order valence-electron chi connectivity index (χ3n) is 4.68. The van der Waals surface area contributed by atoms with Crippen molar-refractivity contribution >= 4 is 22.6 Å². The Labute approximate surface area is 154 Å². The Balaban J connectivity index is 1.74. The molecule has 0 aliphatic heterocycles. The molecule has 2 atom stereocenters. The molecule has 8 heteroatoms. The number of halogens is 1. The van der Waals surface area contributed by atoms with Crippen molar-refractivity contribution in [3.63, 3.8) is 0 Å². The van der Waals surface area contributed by atoms with Crippen LogP contribution in [0.2, 0.25) is 0 Å². The zero-order valence-electron chi connectivity index (χ0n) is 14.7. The number of alkyl halides is 1. The fraction of sp³-hybridized carbons (Fsp3) is 0.263. The van der Waals surface area contributed by atoms with Crippen molar-refractivity contribution in [1.82, 2.24) is 14.5 Å². The van der Waals surface area contributed by atoms with Crippen molar-refractivity contribution in [2.24, 2.45) is 13.0 Å². The predicted molar refractivity (Wildman–Crippen MR) is 96.8 cm³/mol. The molecule has 7 nitrogen and oxygen atoms in total. The van der Waals surface area contributed by atoms with E-state index in [2.05, 4.69) is 21.4 Å². The Morgan fingerprint density at radius 2 is 2.15 bits per heavy atom. The molecule has 0 saturated heterocycles. The molecule has 0 bridgehead atoms. The van der Waals surface area contributed by atoms with E-state index in [0.29, 0.717) is 22.8 Å². The molecule has 0 aromatic carbocycles. The van der Waals surface area contributed by atoms with Gasteiger partial charge in [0.15, 0.2) is 0 Å². The summed E-state index contributed by atoms with van der Waals surface area (Å²) in [5.74, 6) is -0.139. The molecule has 1 N–H and O–H groups in total. The van der Waals surface area contributed by atoms with Crippen molar-refractivity contribution in [2.75, 3.05) is 12.4 Å². The van der Waals surface area contributed by atoms with Crippen LogP contribution in [-0.2, 0) is 11.8 Å². The first kappa shape index (κ1) is 17.0. The number of methoxy groups -OCH3 is 1. The third-order valence-corrected chi connectivity index (χ3v) is 4.68. The number of nitrogens with zero attached hydrogens (tertiary/aromatic N) is 4. The first-order chi connectivity index (χ1) is 13.0. The molecule has 0 spiro atoms. The molecule has 0 radical (unpaired) electrons. The van der Waals surface area contributed by atoms with E-state index in [4.69, 9.17) is 10.00 Å². The molecule has 1 aliphatic rings. The highest BCUT2D eigenvalue weighted by molar-refractivity contribution is 5.96. The van der Waals surface area contributed by atoms with Gasteiger partial charge in [0, 0.05) is 18.6 Å². The number of rotatable bonds is 4. The van der Waals surface area contributed by atoms with Crippen LogP contribution >= 0.6 is 0 Å². The maximum atomic E-state index is 13.0. The van der Waals surface area contributed by atoms with Gasteiger partial charge in [-0.1, -0.05) is 0 Å². The van der Waals surface area contributed by atoms with Gasteiger partial charge in [-0.05, 0) is 24.6 Å². The van der Waals surface area contributed by atoms with Gasteiger partial charge in [0.1, 0.15) is 18.1 Å². The SMILES string of the molecule is COc1ncc(C#N)cc1-c1cc2cc(NC(=O)C3CC3F)ncc2n1C. The average molecular weight is 365 g/mol. The van der Waals surface area contributed by atoms with E-state index in [-0.39, 0.29) is 12.3 Å². The zero-order valence-corrected chi connectivity index (χ0v) is 14.7. The molecule has 27 heavy (non-hydrogen) atoms. The van der Waals surface area contributed by atoms with Gasteiger partial charge in [-0.25, -0.2) is 14.4 Å². The van der Waals surface area contributed by atoms with Gasteiger partial charge in [-0.3, -0.25) is 4.79 Å². The molecular weight excluding hydrogens is 349 g/mol. The topological polar surface area (TPSA) is 92.8 Å². The second kappa shape index (κ2) is 6.36. The van der Waals surface area contributed by atoms with Crippen LogP contribution in [0, 0.1) is 17.2 Å². The molecule has 2 unspecified atom stereocenters. The maximum Gasteiger partial charge on any atom is 0.231 e. The Kier molecular flexibility index (Phi) is 4.00. The lowest BCUT2D eigenvalue weighted by molar-refractivity contribution is -0.117. The predicted octanol–water partition coefficient (Wildman–Crippen LogP) is 2.81. The van der Waals surface area contributed by atoms with E-state index in [1.807, 2.05) is 17.7 Å². The van der Waals surface area contributed by atoms with Crippen LogP contribution in [0.4, 0.5) is 10.2 Å². The number of amides is 1. The third kappa shape index (κ3) is 2.97. The first-order valence-corrected chi connectivity index (χ1v) is 8.36. The van der Waals surface area contributed by atoms with Crippen molar-refractivity contribution in [2.45, 2.75) is 12.6 Å². The van der Waals surface area contributed by atoms with E-state index in [1.165, 1.54) is 13.3 Å². The average Bonchev–Trinajstić information content (AvgIpc) is 3.33. The van der Waals surface area contributed by atoms with E-state index in [9.17, 15) is 9.18 Å². The molecule has 4 rings (SSSR count). The highest BCUT2D eigenvalue weighted by atomic mass is 19.1. The number of pyridine rings is 2. The van der Waals surface area contributed by atoms with Gasteiger partial charge in [-0.15, -0.1) is 0 Å². The van der Waals surface area contributed by atoms with Crippen molar-refractivity contribution in [3.8, 4) is 23.2 Å². The van der Waals surface area contributed by atoms with Crippen LogP contribution in [0.1, 0.15) is 12.0 Å². The Bertz CT molecular complexity index is 1100. The van der Waals surface area contributed by atoms with Crippen molar-refractivity contribution < 1.29 is 13.9 Å². The summed E-state index contributed by atoms with van der Waals surface area (Å²) in [6.07, 6.45) is 2.31. The molecule has 3 aromatic heterocycles. The number of aromatic nitrogens is 3. The molecule has 136 valence electrons. The lowest BCUT2D eigenvalue weighted by Gasteiger charge is -2.09. The summed E-state index contributed by atoms with van der Waals surface area (Å²) in [7, 11) is 3.39. The number of anilines is 1. The number of carbonyl (C=O) groups excluding carboxylic acids is 1. The fourth-order valence-corrected chi connectivity index (χ4v) is 3.07. The highest BCUT2D eigenvalue weighted by Crippen LogP contribution is 2.36. The van der Waals surface area contributed by atoms with Crippen LogP contribution < -0.4 is 10.1 Å². The summed E-state index contributed by atoms with van der Waals surface area (Å²) in [6.45, 7) is 0. The Morgan fingerprint density at radius 3 is 2.81 bits per heavy atom. The maximum absolute atomic E-state index is 13.0. The van der Waals surface area contributed by atoms with Gasteiger partial charge >= 0.3 is 0 Å². The largest absolute Gasteiger partial charge is 0.481 e. The summed E-state index contributed by atoms with van der Waals surface area (Å²) in [5, 5.41) is 12.7. The van der Waals surface area contributed by atoms with Crippen LogP contribution in [0.3, 0.4) is 0 Å². The number of fused-ring (bicyclic) bond motifs is 1. The van der Waals surface area contributed by atoms with E-state index < -0.39 is 12.1 Å². The summed E-state index contributed by atoms with van der Waals surface area (Å²) < 4.78 is 20.3. The van der Waals surface area contributed by atoms with Crippen LogP contribution in [0.25, 0.3) is 22.2 Å². The second-order valence-electron chi connectivity index (χ2n) is 6.46. The smallest absolute Gasteiger partial charge is 0.231 e. The number of hydrogen-bond acceptors (Lipinski definition) is 5. The van der Waals surface area contributed by atoms with E-state index in [1.54, 1.807) is 18.3 Å². The van der Waals surface area contributed by atoms with Crippen molar-refractivity contribution in [1.29, 1.82) is 5.26 Å². The monoisotopic (exact) mass is 365 g/mol. The van der Waals surface area contributed by atoms with E-state index >= 15 is 0 Å². The quantitative estimate of drug-likeness (QED) is 0.767. The van der Waals surface area contributed by atoms with Crippen LogP contribution in [0.15, 0.2) is 30.6 Å². The molecular formula is C19H16FN5O2. The number of hydrogen-bond donors (Lipinski definition) is 1. The molecule has 3 heterocycles. The standard InChI is InChI=1S/C19H16FN5O2/c1-25-15(13-3-10(7-21)8-23-19(13)27-2)4-11-5-17(22-9-16(11)25)24-18(26)12-6-14(12)20/h3-5,8-9,12,14H,6H2,1-2H3,(H,22,24,26). The Hall–Kier alpha value is -3.47. The lowest BCUT2D eigenvalue weighted by Crippen LogP contribution is -2.15. The van der Waals surface area contributed by atoms with Gasteiger partial charge < -0.3 is 14.6 Å². The first-order valence-electron chi connectivity index (χ1n) is 8.36. The molecule has 3 aromatic rings. The number of ether oxygens (including phenoxy) is 1. The van der Waals surface area contributed by atoms with Crippen molar-refractivity contribution in [3.05, 3.63) is 36.2 Å². The molecule has 1 fully saturated rings. The summed E-state index contributed by atoms with van der Waals surface area (Å²) in [4.78, 5) is 20.3. The fourth-order valence-electron chi connectivity index (χ4n) is 3.07. The minimum Gasteiger partial charge on any atom is -0.481 e. The number of aryl methyl sites for hydroxylation is 1. The van der Waals surface area contributed by atoms with Gasteiger partial charge in [-0.2, -0.15) is 5.26 Å². The van der Waals surface area contributed by atoms with Gasteiger partial charge in [0.2, 0.25) is 11.8 Å². The van der Waals surface area contributed by atoms with Gasteiger partial charge in [0.05, 0.1) is 41.6 Å². The van der Waals surface area contributed by atoms with Crippen LogP contribution in [0.5, 0.6) is 5.88 Å². The summed E-state index contributed by atoms with van der Waals surface area (Å²) in [6, 6.07) is 7.43. The summed E-state index contributed by atoms with van der Waals surface area (Å²) in [5.41, 5.74) is 2.73. The molecule has 1 aliphatic carbocycles. The highest BCUT2D eigenvalue weighted by Gasteiger charge is 2.43. The number of nitriles is 1. The van der Waals surface area contributed by atoms with Crippen LogP contribution in [-0.4, -0.2) is 33.7 Å². The number of nitrogens with one attached hydrogen (secondary N) is 1. The number of carbonyl (C=O) groups is 1. The second-order valence-corrected chi connectivity index (χ2v) is 6.46. The normalized spacial score (nSPS) is 18.1. The zero-order chi connectivity index (χ0) is 19.1. The minimum absolute atomic E-state index is 0.269. The molecule has 1 saturated carbocycles.